The quantitative estimate of drug-likeness (QED) is 0.698. The monoisotopic (exact) mass is 370 g/mol. The lowest BCUT2D eigenvalue weighted by Crippen LogP contribution is -2.35. The van der Waals surface area contributed by atoms with Crippen molar-refractivity contribution in [1.82, 2.24) is 19.4 Å². The molecular formula is C19H19ClN4O2. The maximum absolute atomic E-state index is 13.0. The molecule has 3 heterocycles. The number of carbonyl (C=O) groups excluding carboxylic acids is 1. The lowest BCUT2D eigenvalue weighted by molar-refractivity contribution is 0.0725. The van der Waals surface area contributed by atoms with Crippen molar-refractivity contribution in [2.75, 3.05) is 13.1 Å². The molecule has 0 spiro atoms. The number of nitrogens with zero attached hydrogens (tertiary/aromatic N) is 4. The van der Waals surface area contributed by atoms with E-state index in [9.17, 15) is 4.79 Å². The number of imidazole rings is 1. The Labute approximate surface area is 156 Å². The van der Waals surface area contributed by atoms with Gasteiger partial charge in [-0.25, -0.2) is 9.97 Å². The minimum absolute atomic E-state index is 0.0000977. The Morgan fingerprint density at radius 1 is 1.19 bits per heavy atom. The van der Waals surface area contributed by atoms with Crippen molar-refractivity contribution in [2.45, 2.75) is 19.3 Å². The average Bonchev–Trinajstić information content (AvgIpc) is 3.05. The van der Waals surface area contributed by atoms with Crippen LogP contribution in [0.5, 0.6) is 11.6 Å². The van der Waals surface area contributed by atoms with Gasteiger partial charge in [-0.15, -0.1) is 0 Å². The van der Waals surface area contributed by atoms with Gasteiger partial charge in [-0.1, -0.05) is 17.7 Å². The third kappa shape index (κ3) is 3.12. The van der Waals surface area contributed by atoms with E-state index in [4.69, 9.17) is 16.3 Å². The van der Waals surface area contributed by atoms with Crippen LogP contribution in [0.1, 0.15) is 29.6 Å². The molecule has 1 aliphatic rings. The maximum atomic E-state index is 13.0. The van der Waals surface area contributed by atoms with Crippen molar-refractivity contribution in [3.05, 3.63) is 47.4 Å². The second kappa shape index (κ2) is 6.96. The predicted octanol–water partition coefficient (Wildman–Crippen LogP) is 4.04. The minimum Gasteiger partial charge on any atom is -0.437 e. The molecule has 6 nitrogen and oxygen atoms in total. The summed E-state index contributed by atoms with van der Waals surface area (Å²) in [6, 6.07) is 7.10. The summed E-state index contributed by atoms with van der Waals surface area (Å²) in [4.78, 5) is 23.6. The number of aryl methyl sites for hydroxylation is 1. The Balaban J connectivity index is 1.73. The molecule has 1 saturated heterocycles. The van der Waals surface area contributed by atoms with Crippen LogP contribution in [0.2, 0.25) is 5.02 Å². The normalized spacial score (nSPS) is 14.6. The Morgan fingerprint density at radius 3 is 2.77 bits per heavy atom. The summed E-state index contributed by atoms with van der Waals surface area (Å²) in [6.07, 6.45) is 6.52. The highest BCUT2D eigenvalue weighted by Gasteiger charge is 2.24. The Morgan fingerprint density at radius 2 is 2.00 bits per heavy atom. The van der Waals surface area contributed by atoms with Gasteiger partial charge < -0.3 is 14.2 Å². The maximum Gasteiger partial charge on any atom is 0.257 e. The van der Waals surface area contributed by atoms with E-state index in [0.29, 0.717) is 27.7 Å². The molecule has 0 saturated carbocycles. The molecule has 3 aromatic rings. The molecule has 1 fully saturated rings. The van der Waals surface area contributed by atoms with Crippen LogP contribution in [0, 0.1) is 0 Å². The van der Waals surface area contributed by atoms with Crippen LogP contribution in [0.4, 0.5) is 0 Å². The molecule has 2 aromatic heterocycles. The van der Waals surface area contributed by atoms with E-state index in [1.165, 1.54) is 6.42 Å². The van der Waals surface area contributed by atoms with Gasteiger partial charge in [0.05, 0.1) is 17.4 Å². The van der Waals surface area contributed by atoms with Crippen LogP contribution in [-0.2, 0) is 7.05 Å². The summed E-state index contributed by atoms with van der Waals surface area (Å²) >= 11 is 6.02. The van der Waals surface area contributed by atoms with Gasteiger partial charge in [-0.3, -0.25) is 4.79 Å². The fourth-order valence-corrected chi connectivity index (χ4v) is 3.47. The van der Waals surface area contributed by atoms with Gasteiger partial charge in [0, 0.05) is 31.4 Å². The number of halogens is 1. The molecule has 26 heavy (non-hydrogen) atoms. The Bertz CT molecular complexity index is 963. The molecule has 0 bridgehead atoms. The first kappa shape index (κ1) is 16.8. The van der Waals surface area contributed by atoms with Crippen LogP contribution in [-0.4, -0.2) is 38.4 Å². The molecule has 0 unspecified atom stereocenters. The van der Waals surface area contributed by atoms with Crippen LogP contribution in [0.3, 0.4) is 0 Å². The van der Waals surface area contributed by atoms with Gasteiger partial charge in [0.15, 0.2) is 5.52 Å². The molecule has 134 valence electrons. The smallest absolute Gasteiger partial charge is 0.257 e. The molecule has 0 radical (unpaired) electrons. The number of piperidine rings is 1. The highest BCUT2D eigenvalue weighted by molar-refractivity contribution is 6.30. The van der Waals surface area contributed by atoms with E-state index in [0.717, 1.165) is 31.4 Å². The van der Waals surface area contributed by atoms with Crippen LogP contribution >= 0.6 is 11.6 Å². The largest absolute Gasteiger partial charge is 0.437 e. The summed E-state index contributed by atoms with van der Waals surface area (Å²) < 4.78 is 7.70. The van der Waals surface area contributed by atoms with Gasteiger partial charge in [-0.2, -0.15) is 0 Å². The third-order valence-electron chi connectivity index (χ3n) is 4.59. The Kier molecular flexibility index (Phi) is 4.51. The van der Waals surface area contributed by atoms with E-state index in [-0.39, 0.29) is 5.91 Å². The van der Waals surface area contributed by atoms with Gasteiger partial charge in [0.1, 0.15) is 5.75 Å². The lowest BCUT2D eigenvalue weighted by Gasteiger charge is -2.27. The number of carbonyl (C=O) groups is 1. The number of rotatable bonds is 3. The first-order chi connectivity index (χ1) is 12.6. The summed E-state index contributed by atoms with van der Waals surface area (Å²) in [5.74, 6) is 0.935. The number of hydrogen-bond donors (Lipinski definition) is 0. The molecular weight excluding hydrogens is 352 g/mol. The SMILES string of the molecule is Cn1cnc2c(Oc3cccc(Cl)c3)ncc(C(=O)N3CCCCC3)c21. The number of hydrogen-bond acceptors (Lipinski definition) is 4. The summed E-state index contributed by atoms with van der Waals surface area (Å²) in [7, 11) is 1.87. The molecule has 1 amide bonds. The summed E-state index contributed by atoms with van der Waals surface area (Å²) in [5, 5.41) is 0.580. The van der Waals surface area contributed by atoms with Crippen LogP contribution in [0.25, 0.3) is 11.0 Å². The van der Waals surface area contributed by atoms with Crippen LogP contribution in [0.15, 0.2) is 36.8 Å². The number of aromatic nitrogens is 3. The topological polar surface area (TPSA) is 60.2 Å². The second-order valence-electron chi connectivity index (χ2n) is 6.44. The van der Waals surface area contributed by atoms with E-state index in [1.807, 2.05) is 22.6 Å². The van der Waals surface area contributed by atoms with Crippen molar-refractivity contribution in [3.63, 3.8) is 0 Å². The number of pyridine rings is 1. The Hall–Kier alpha value is -2.60. The molecule has 4 rings (SSSR count). The van der Waals surface area contributed by atoms with Crippen molar-refractivity contribution >= 4 is 28.5 Å². The number of fused-ring (bicyclic) bond motifs is 1. The molecule has 0 N–H and O–H groups in total. The fraction of sp³-hybridized carbons (Fsp3) is 0.316. The zero-order chi connectivity index (χ0) is 18.1. The van der Waals surface area contributed by atoms with Gasteiger partial charge >= 0.3 is 0 Å². The molecule has 0 atom stereocenters. The van der Waals surface area contributed by atoms with Crippen molar-refractivity contribution < 1.29 is 9.53 Å². The third-order valence-corrected chi connectivity index (χ3v) is 4.83. The van der Waals surface area contributed by atoms with Crippen LogP contribution < -0.4 is 4.74 Å². The summed E-state index contributed by atoms with van der Waals surface area (Å²) in [5.41, 5.74) is 1.85. The van der Waals surface area contributed by atoms with Gasteiger partial charge in [0.2, 0.25) is 5.88 Å². The molecule has 0 aliphatic carbocycles. The van der Waals surface area contributed by atoms with Crippen molar-refractivity contribution in [1.29, 1.82) is 0 Å². The number of ether oxygens (including phenoxy) is 1. The summed E-state index contributed by atoms with van der Waals surface area (Å²) in [6.45, 7) is 1.58. The minimum atomic E-state index is 0.0000977. The zero-order valence-corrected chi connectivity index (χ0v) is 15.2. The van der Waals surface area contributed by atoms with Gasteiger partial charge in [0.25, 0.3) is 5.91 Å². The number of benzene rings is 1. The molecule has 1 aliphatic heterocycles. The predicted molar refractivity (Wildman–Crippen MR) is 99.8 cm³/mol. The number of amides is 1. The van der Waals surface area contributed by atoms with E-state index in [1.54, 1.807) is 30.7 Å². The zero-order valence-electron chi connectivity index (χ0n) is 14.5. The standard InChI is InChI=1S/C19H19ClN4O2/c1-23-12-22-16-17(23)15(19(25)24-8-3-2-4-9-24)11-21-18(16)26-14-7-5-6-13(20)10-14/h5-7,10-12H,2-4,8-9H2,1H3. The second-order valence-corrected chi connectivity index (χ2v) is 6.88. The van der Waals surface area contributed by atoms with Crippen molar-refractivity contribution in [3.8, 4) is 11.6 Å². The highest BCUT2D eigenvalue weighted by atomic mass is 35.5. The average molecular weight is 371 g/mol. The van der Waals surface area contributed by atoms with E-state index < -0.39 is 0 Å². The first-order valence-corrected chi connectivity index (χ1v) is 9.04. The molecule has 7 heteroatoms. The van der Waals surface area contributed by atoms with E-state index in [2.05, 4.69) is 9.97 Å². The fourth-order valence-electron chi connectivity index (χ4n) is 3.29. The van der Waals surface area contributed by atoms with Gasteiger partial charge in [-0.05, 0) is 37.5 Å². The molecule has 1 aromatic carbocycles. The lowest BCUT2D eigenvalue weighted by atomic mass is 10.1. The first-order valence-electron chi connectivity index (χ1n) is 8.66. The number of likely N-dealkylation sites (tertiary alicyclic amines) is 1. The van der Waals surface area contributed by atoms with Crippen molar-refractivity contribution in [2.24, 2.45) is 7.05 Å². The highest BCUT2D eigenvalue weighted by Crippen LogP contribution is 2.30. The van der Waals surface area contributed by atoms with E-state index >= 15 is 0 Å².